The van der Waals surface area contributed by atoms with E-state index in [4.69, 9.17) is 0 Å². The maximum absolute atomic E-state index is 12.4. The molecule has 0 aliphatic carbocycles. The highest BCUT2D eigenvalue weighted by atomic mass is 32.1. The number of anilines is 1. The number of hydrogen-bond donors (Lipinski definition) is 1. The molecule has 102 valence electrons. The minimum Gasteiger partial charge on any atom is -0.336 e. The third-order valence-electron chi connectivity index (χ3n) is 3.20. The summed E-state index contributed by atoms with van der Waals surface area (Å²) in [6, 6.07) is 9.57. The van der Waals surface area contributed by atoms with Crippen molar-refractivity contribution in [1.29, 1.82) is 0 Å². The number of carbonyl (C=O) groups excluding carboxylic acids is 1. The van der Waals surface area contributed by atoms with Gasteiger partial charge in [0.05, 0.1) is 10.2 Å². The molecule has 20 heavy (non-hydrogen) atoms. The van der Waals surface area contributed by atoms with Gasteiger partial charge in [0, 0.05) is 12.2 Å². The second kappa shape index (κ2) is 5.09. The van der Waals surface area contributed by atoms with Crippen molar-refractivity contribution < 1.29 is 4.79 Å². The van der Waals surface area contributed by atoms with E-state index in [1.807, 2.05) is 48.1 Å². The van der Waals surface area contributed by atoms with Crippen molar-refractivity contribution in [3.63, 3.8) is 0 Å². The number of aryl methyl sites for hydroxylation is 2. The van der Waals surface area contributed by atoms with Crippen molar-refractivity contribution in [2.75, 3.05) is 5.32 Å². The fraction of sp³-hybridized carbons (Fsp3) is 0.200. The maximum atomic E-state index is 12.4. The lowest BCUT2D eigenvalue weighted by Gasteiger charge is -2.08. The summed E-state index contributed by atoms with van der Waals surface area (Å²) in [7, 11) is 0. The van der Waals surface area contributed by atoms with Gasteiger partial charge < -0.3 is 9.88 Å². The number of nitrogens with one attached hydrogen (secondary N) is 1. The predicted octanol–water partition coefficient (Wildman–Crippen LogP) is 3.68. The Morgan fingerprint density at radius 3 is 3.00 bits per heavy atom. The Hall–Kier alpha value is -2.14. The van der Waals surface area contributed by atoms with Crippen molar-refractivity contribution in [3.05, 3.63) is 47.1 Å². The van der Waals surface area contributed by atoms with E-state index in [2.05, 4.69) is 10.3 Å². The summed E-state index contributed by atoms with van der Waals surface area (Å²) in [6.07, 6.45) is 0. The molecule has 5 heteroatoms. The molecule has 0 saturated carbocycles. The average Bonchev–Trinajstić information content (AvgIpc) is 2.98. The molecule has 0 aliphatic rings. The number of nitrogens with zero attached hydrogens (tertiary/aromatic N) is 2. The highest BCUT2D eigenvalue weighted by Gasteiger charge is 2.15. The topological polar surface area (TPSA) is 46.9 Å². The van der Waals surface area contributed by atoms with E-state index in [1.54, 1.807) is 17.4 Å². The van der Waals surface area contributed by atoms with Gasteiger partial charge in [0.25, 0.3) is 5.91 Å². The molecule has 3 aromatic rings. The van der Waals surface area contributed by atoms with E-state index in [-0.39, 0.29) is 5.91 Å². The molecule has 0 bridgehead atoms. The fourth-order valence-corrected chi connectivity index (χ4v) is 3.12. The number of rotatable bonds is 3. The Labute approximate surface area is 121 Å². The van der Waals surface area contributed by atoms with Gasteiger partial charge in [-0.25, -0.2) is 4.98 Å². The number of amides is 1. The van der Waals surface area contributed by atoms with Crippen LogP contribution in [-0.4, -0.2) is 15.5 Å². The second-order valence-electron chi connectivity index (χ2n) is 4.56. The van der Waals surface area contributed by atoms with Crippen LogP contribution < -0.4 is 5.32 Å². The summed E-state index contributed by atoms with van der Waals surface area (Å²) in [5, 5.41) is 4.90. The van der Waals surface area contributed by atoms with Crippen LogP contribution in [0.5, 0.6) is 0 Å². The second-order valence-corrected chi connectivity index (χ2v) is 5.51. The Bertz CT molecular complexity index is 772. The quantitative estimate of drug-likeness (QED) is 0.798. The van der Waals surface area contributed by atoms with Gasteiger partial charge in [-0.2, -0.15) is 0 Å². The van der Waals surface area contributed by atoms with Crippen LogP contribution in [0, 0.1) is 6.92 Å². The minimum atomic E-state index is -0.117. The molecule has 3 heterocycles. The molecule has 0 unspecified atom stereocenters. The summed E-state index contributed by atoms with van der Waals surface area (Å²) < 4.78 is 3.16. The van der Waals surface area contributed by atoms with Gasteiger partial charge in [-0.1, -0.05) is 6.07 Å². The smallest absolute Gasteiger partial charge is 0.273 e. The molecule has 0 radical (unpaired) electrons. The van der Waals surface area contributed by atoms with E-state index in [1.165, 1.54) is 0 Å². The van der Waals surface area contributed by atoms with Gasteiger partial charge in [0.15, 0.2) is 0 Å². The number of thiophene rings is 1. The molecule has 0 atom stereocenters. The van der Waals surface area contributed by atoms with Gasteiger partial charge in [0.2, 0.25) is 0 Å². The molecule has 4 nitrogen and oxygen atoms in total. The highest BCUT2D eigenvalue weighted by molar-refractivity contribution is 7.17. The summed E-state index contributed by atoms with van der Waals surface area (Å²) in [5.41, 5.74) is 2.67. The van der Waals surface area contributed by atoms with E-state index in [9.17, 15) is 4.79 Å². The van der Waals surface area contributed by atoms with Crippen molar-refractivity contribution in [1.82, 2.24) is 9.55 Å². The van der Waals surface area contributed by atoms with Crippen molar-refractivity contribution >= 4 is 33.3 Å². The van der Waals surface area contributed by atoms with Crippen molar-refractivity contribution in [2.45, 2.75) is 20.4 Å². The maximum Gasteiger partial charge on any atom is 0.273 e. The van der Waals surface area contributed by atoms with E-state index in [0.717, 1.165) is 22.5 Å². The van der Waals surface area contributed by atoms with Crippen LogP contribution in [0.15, 0.2) is 35.7 Å². The molecule has 0 spiro atoms. The van der Waals surface area contributed by atoms with Crippen LogP contribution in [-0.2, 0) is 6.54 Å². The zero-order valence-corrected chi connectivity index (χ0v) is 12.2. The number of pyridine rings is 1. The zero-order chi connectivity index (χ0) is 14.1. The number of hydrogen-bond acceptors (Lipinski definition) is 3. The van der Waals surface area contributed by atoms with Crippen LogP contribution in [0.2, 0.25) is 0 Å². The Kier molecular flexibility index (Phi) is 3.28. The minimum absolute atomic E-state index is 0.117. The molecule has 1 amide bonds. The number of carbonyl (C=O) groups is 1. The molecule has 0 aromatic carbocycles. The summed E-state index contributed by atoms with van der Waals surface area (Å²) in [6.45, 7) is 4.71. The molecule has 0 saturated heterocycles. The Morgan fingerprint density at radius 2 is 2.25 bits per heavy atom. The molecule has 0 aliphatic heterocycles. The van der Waals surface area contributed by atoms with Crippen LogP contribution >= 0.6 is 11.3 Å². The first-order valence-electron chi connectivity index (χ1n) is 6.51. The van der Waals surface area contributed by atoms with Gasteiger partial charge in [-0.3, -0.25) is 4.79 Å². The van der Waals surface area contributed by atoms with Crippen LogP contribution in [0.25, 0.3) is 10.2 Å². The van der Waals surface area contributed by atoms with Crippen LogP contribution in [0.1, 0.15) is 23.1 Å². The zero-order valence-electron chi connectivity index (χ0n) is 11.4. The lowest BCUT2D eigenvalue weighted by atomic mass is 10.3. The van der Waals surface area contributed by atoms with Gasteiger partial charge in [-0.15, -0.1) is 11.3 Å². The first kappa shape index (κ1) is 12.9. The average molecular weight is 285 g/mol. The molecular formula is C15H15N3OS. The Morgan fingerprint density at radius 1 is 1.40 bits per heavy atom. The largest absolute Gasteiger partial charge is 0.336 e. The predicted molar refractivity (Wildman–Crippen MR) is 82.4 cm³/mol. The van der Waals surface area contributed by atoms with Crippen molar-refractivity contribution in [2.24, 2.45) is 0 Å². The van der Waals surface area contributed by atoms with Crippen molar-refractivity contribution in [3.8, 4) is 0 Å². The molecule has 0 fully saturated rings. The van der Waals surface area contributed by atoms with E-state index in [0.29, 0.717) is 11.5 Å². The third-order valence-corrected chi connectivity index (χ3v) is 4.05. The van der Waals surface area contributed by atoms with Gasteiger partial charge in [-0.05, 0) is 43.5 Å². The molecule has 3 aromatic heterocycles. The monoisotopic (exact) mass is 285 g/mol. The normalized spacial score (nSPS) is 10.9. The van der Waals surface area contributed by atoms with Crippen LogP contribution in [0.4, 0.5) is 5.82 Å². The highest BCUT2D eigenvalue weighted by Crippen LogP contribution is 2.25. The van der Waals surface area contributed by atoms with Crippen LogP contribution in [0.3, 0.4) is 0 Å². The first-order valence-corrected chi connectivity index (χ1v) is 7.38. The molecule has 1 N–H and O–H groups in total. The number of aromatic nitrogens is 2. The Balaban J connectivity index is 1.94. The van der Waals surface area contributed by atoms with E-state index < -0.39 is 0 Å². The fourth-order valence-electron chi connectivity index (χ4n) is 2.30. The van der Waals surface area contributed by atoms with Gasteiger partial charge in [0.1, 0.15) is 11.5 Å². The third kappa shape index (κ3) is 2.20. The SMILES string of the molecule is CCn1c(C(=O)Nc2cccc(C)n2)cc2sccc21. The lowest BCUT2D eigenvalue weighted by Crippen LogP contribution is -2.17. The standard InChI is InChI=1S/C15H15N3OS/c1-3-18-11-7-8-20-13(11)9-12(18)15(19)17-14-6-4-5-10(2)16-14/h4-9H,3H2,1-2H3,(H,16,17,19). The molecule has 3 rings (SSSR count). The summed E-state index contributed by atoms with van der Waals surface area (Å²) in [4.78, 5) is 16.7. The summed E-state index contributed by atoms with van der Waals surface area (Å²) >= 11 is 1.65. The van der Waals surface area contributed by atoms with Gasteiger partial charge >= 0.3 is 0 Å². The summed E-state index contributed by atoms with van der Waals surface area (Å²) in [5.74, 6) is 0.468. The number of fused-ring (bicyclic) bond motifs is 1. The van der Waals surface area contributed by atoms with E-state index >= 15 is 0 Å². The molecular weight excluding hydrogens is 270 g/mol. The first-order chi connectivity index (χ1) is 9.69. The lowest BCUT2D eigenvalue weighted by molar-refractivity contribution is 0.101.